The average Bonchev–Trinajstić information content (AvgIpc) is 2.52. The number of hydrogen-bond acceptors (Lipinski definition) is 5. The molecule has 0 amide bonds. The summed E-state index contributed by atoms with van der Waals surface area (Å²) in [6.45, 7) is 8.21. The SMILES string of the molecule is CCCC(NOCC)=C1C(=O)CC(C2COCCC2C)CC1O. The van der Waals surface area contributed by atoms with Crippen molar-refractivity contribution in [3.05, 3.63) is 11.3 Å². The van der Waals surface area contributed by atoms with Gasteiger partial charge >= 0.3 is 0 Å². The van der Waals surface area contributed by atoms with Gasteiger partial charge in [-0.2, -0.15) is 0 Å². The van der Waals surface area contributed by atoms with Gasteiger partial charge in [0, 0.05) is 30.9 Å². The summed E-state index contributed by atoms with van der Waals surface area (Å²) in [5, 5.41) is 10.6. The Balaban J connectivity index is 2.12. The summed E-state index contributed by atoms with van der Waals surface area (Å²) in [6, 6.07) is 0. The number of nitrogens with one attached hydrogen (secondary N) is 1. The Hall–Kier alpha value is -0.910. The molecule has 1 aliphatic heterocycles. The van der Waals surface area contributed by atoms with Crippen molar-refractivity contribution in [3.63, 3.8) is 0 Å². The van der Waals surface area contributed by atoms with Gasteiger partial charge in [-0.15, -0.1) is 0 Å². The van der Waals surface area contributed by atoms with Crippen molar-refractivity contribution in [1.29, 1.82) is 0 Å². The Morgan fingerprint density at radius 3 is 2.83 bits per heavy atom. The van der Waals surface area contributed by atoms with Crippen molar-refractivity contribution in [2.75, 3.05) is 19.8 Å². The van der Waals surface area contributed by atoms with Gasteiger partial charge in [0.2, 0.25) is 0 Å². The second-order valence-corrected chi connectivity index (χ2v) is 6.82. The zero-order chi connectivity index (χ0) is 16.8. The highest BCUT2D eigenvalue weighted by atomic mass is 16.6. The number of allylic oxidation sites excluding steroid dienone is 1. The van der Waals surface area contributed by atoms with Crippen molar-refractivity contribution >= 4 is 5.78 Å². The lowest BCUT2D eigenvalue weighted by Crippen LogP contribution is -2.40. The minimum absolute atomic E-state index is 0.0576. The molecule has 1 saturated carbocycles. The molecule has 4 unspecified atom stereocenters. The van der Waals surface area contributed by atoms with E-state index in [1.54, 1.807) is 0 Å². The molecular formula is C18H31NO4. The number of hydroxylamine groups is 1. The Morgan fingerprint density at radius 1 is 1.43 bits per heavy atom. The second kappa shape index (κ2) is 8.81. The number of aliphatic hydroxyl groups is 1. The summed E-state index contributed by atoms with van der Waals surface area (Å²) < 4.78 is 5.60. The second-order valence-electron chi connectivity index (χ2n) is 6.82. The Kier molecular flexibility index (Phi) is 7.06. The van der Waals surface area contributed by atoms with E-state index in [-0.39, 0.29) is 11.7 Å². The monoisotopic (exact) mass is 325 g/mol. The summed E-state index contributed by atoms with van der Waals surface area (Å²) in [4.78, 5) is 18.0. The van der Waals surface area contributed by atoms with Crippen LogP contribution in [0.4, 0.5) is 0 Å². The molecule has 0 radical (unpaired) electrons. The van der Waals surface area contributed by atoms with Gasteiger partial charge in [-0.25, -0.2) is 0 Å². The van der Waals surface area contributed by atoms with Gasteiger partial charge in [-0.05, 0) is 43.9 Å². The molecule has 132 valence electrons. The number of ketones is 1. The minimum Gasteiger partial charge on any atom is -0.388 e. The summed E-state index contributed by atoms with van der Waals surface area (Å²) in [5.74, 6) is 1.20. The lowest BCUT2D eigenvalue weighted by molar-refractivity contribution is -0.121. The Labute approximate surface area is 139 Å². The van der Waals surface area contributed by atoms with Crippen molar-refractivity contribution < 1.29 is 19.5 Å². The standard InChI is InChI=1S/C18H31NO4/c1-4-6-15(19-23-5-2)18-16(20)9-13(10-17(18)21)14-11-22-8-7-12(14)3/h12-14,16,19-20H,4-11H2,1-3H3. The first-order valence-electron chi connectivity index (χ1n) is 8.98. The van der Waals surface area contributed by atoms with Gasteiger partial charge in [0.15, 0.2) is 5.78 Å². The molecule has 0 spiro atoms. The molecule has 1 aliphatic carbocycles. The molecule has 2 aliphatic rings. The molecule has 4 atom stereocenters. The van der Waals surface area contributed by atoms with Crippen LogP contribution in [0.3, 0.4) is 0 Å². The molecule has 0 bridgehead atoms. The molecule has 1 heterocycles. The number of ether oxygens (including phenoxy) is 1. The third kappa shape index (κ3) is 4.55. The fraction of sp³-hybridized carbons (Fsp3) is 0.833. The molecule has 0 aromatic carbocycles. The molecule has 2 N–H and O–H groups in total. The van der Waals surface area contributed by atoms with Gasteiger partial charge in [-0.1, -0.05) is 20.3 Å². The zero-order valence-electron chi connectivity index (χ0n) is 14.6. The third-order valence-corrected chi connectivity index (χ3v) is 5.14. The molecule has 0 aromatic rings. The average molecular weight is 325 g/mol. The van der Waals surface area contributed by atoms with Gasteiger partial charge in [0.25, 0.3) is 0 Å². The quantitative estimate of drug-likeness (QED) is 0.580. The number of Topliss-reactive ketones (excluding diaryl/α,β-unsaturated/α-hetero) is 1. The van der Waals surface area contributed by atoms with Crippen LogP contribution in [-0.2, 0) is 14.4 Å². The molecule has 5 heteroatoms. The predicted octanol–water partition coefficient (Wildman–Crippen LogP) is 2.59. The maximum Gasteiger partial charge on any atom is 0.163 e. The molecule has 2 rings (SSSR count). The first-order chi connectivity index (χ1) is 11.1. The summed E-state index contributed by atoms with van der Waals surface area (Å²) >= 11 is 0. The first-order valence-corrected chi connectivity index (χ1v) is 8.98. The fourth-order valence-electron chi connectivity index (χ4n) is 3.84. The Bertz CT molecular complexity index is 435. The molecule has 0 aromatic heterocycles. The van der Waals surface area contributed by atoms with E-state index in [0.29, 0.717) is 49.9 Å². The predicted molar refractivity (Wildman–Crippen MR) is 88.5 cm³/mol. The number of aliphatic hydroxyl groups excluding tert-OH is 1. The molecular weight excluding hydrogens is 294 g/mol. The smallest absolute Gasteiger partial charge is 0.163 e. The molecule has 2 fully saturated rings. The van der Waals surface area contributed by atoms with Crippen LogP contribution in [0.5, 0.6) is 0 Å². The van der Waals surface area contributed by atoms with E-state index in [0.717, 1.165) is 25.1 Å². The van der Waals surface area contributed by atoms with Gasteiger partial charge in [-0.3, -0.25) is 15.1 Å². The lowest BCUT2D eigenvalue weighted by Gasteiger charge is -2.39. The third-order valence-electron chi connectivity index (χ3n) is 5.14. The van der Waals surface area contributed by atoms with Crippen molar-refractivity contribution in [2.24, 2.45) is 17.8 Å². The normalized spacial score (nSPS) is 34.3. The Morgan fingerprint density at radius 2 is 2.22 bits per heavy atom. The highest BCUT2D eigenvalue weighted by Gasteiger charge is 2.39. The fourth-order valence-corrected chi connectivity index (χ4v) is 3.84. The maximum atomic E-state index is 12.7. The van der Waals surface area contributed by atoms with E-state index in [4.69, 9.17) is 9.57 Å². The van der Waals surface area contributed by atoms with Crippen LogP contribution in [0.1, 0.15) is 52.9 Å². The topological polar surface area (TPSA) is 67.8 Å². The summed E-state index contributed by atoms with van der Waals surface area (Å²) in [7, 11) is 0. The minimum atomic E-state index is -0.704. The van der Waals surface area contributed by atoms with Crippen LogP contribution in [0.25, 0.3) is 0 Å². The van der Waals surface area contributed by atoms with Gasteiger partial charge in [0.05, 0.1) is 12.7 Å². The van der Waals surface area contributed by atoms with E-state index in [9.17, 15) is 9.90 Å². The van der Waals surface area contributed by atoms with E-state index >= 15 is 0 Å². The number of rotatable bonds is 6. The van der Waals surface area contributed by atoms with Crippen molar-refractivity contribution in [1.82, 2.24) is 5.48 Å². The summed E-state index contributed by atoms with van der Waals surface area (Å²) in [6.07, 6.45) is 3.10. The molecule has 5 nitrogen and oxygen atoms in total. The van der Waals surface area contributed by atoms with E-state index in [1.807, 2.05) is 6.92 Å². The number of hydrogen-bond donors (Lipinski definition) is 2. The van der Waals surface area contributed by atoms with Crippen molar-refractivity contribution in [3.8, 4) is 0 Å². The first kappa shape index (κ1) is 18.4. The van der Waals surface area contributed by atoms with Crippen LogP contribution >= 0.6 is 0 Å². The maximum absolute atomic E-state index is 12.7. The van der Waals surface area contributed by atoms with Gasteiger partial charge in [0.1, 0.15) is 0 Å². The van der Waals surface area contributed by atoms with E-state index in [1.165, 1.54) is 0 Å². The zero-order valence-corrected chi connectivity index (χ0v) is 14.6. The molecule has 23 heavy (non-hydrogen) atoms. The molecule has 1 saturated heterocycles. The highest BCUT2D eigenvalue weighted by molar-refractivity contribution is 5.98. The van der Waals surface area contributed by atoms with Crippen LogP contribution in [0, 0.1) is 17.8 Å². The van der Waals surface area contributed by atoms with Crippen LogP contribution in [0.2, 0.25) is 0 Å². The van der Waals surface area contributed by atoms with E-state index < -0.39 is 6.10 Å². The number of carbonyl (C=O) groups is 1. The van der Waals surface area contributed by atoms with E-state index in [2.05, 4.69) is 19.3 Å². The summed E-state index contributed by atoms with van der Waals surface area (Å²) in [5.41, 5.74) is 4.16. The lowest BCUT2D eigenvalue weighted by atomic mass is 9.70. The van der Waals surface area contributed by atoms with Crippen LogP contribution in [0.15, 0.2) is 11.3 Å². The number of carbonyl (C=O) groups excluding carboxylic acids is 1. The van der Waals surface area contributed by atoms with Crippen LogP contribution in [-0.4, -0.2) is 36.8 Å². The highest BCUT2D eigenvalue weighted by Crippen LogP contribution is 2.38. The van der Waals surface area contributed by atoms with Gasteiger partial charge < -0.3 is 9.84 Å². The van der Waals surface area contributed by atoms with Crippen molar-refractivity contribution in [2.45, 2.75) is 59.0 Å². The largest absolute Gasteiger partial charge is 0.388 e. The van der Waals surface area contributed by atoms with Crippen LogP contribution < -0.4 is 5.48 Å².